The Kier molecular flexibility index (Phi) is 31.1. The van der Waals surface area contributed by atoms with Gasteiger partial charge in [-0.3, -0.25) is 4.79 Å². The van der Waals surface area contributed by atoms with Crippen LogP contribution in [0.4, 0.5) is 0 Å². The van der Waals surface area contributed by atoms with Gasteiger partial charge in [-0.1, -0.05) is 154 Å². The number of carbonyl (C=O) groups is 1. The maximum absolute atomic E-state index is 13.0. The predicted octanol–water partition coefficient (Wildman–Crippen LogP) is 6.11. The summed E-state index contributed by atoms with van der Waals surface area (Å²) in [7, 11) is 0. The molecule has 9 unspecified atom stereocenters. The van der Waals surface area contributed by atoms with E-state index in [4.69, 9.17) is 9.47 Å². The molecule has 1 aliphatic heterocycles. The van der Waals surface area contributed by atoms with Crippen LogP contribution in [0, 0.1) is 0 Å². The Morgan fingerprint density at radius 2 is 1.11 bits per heavy atom. The minimum Gasteiger partial charge on any atom is -0.394 e. The minimum atomic E-state index is -1.66. The van der Waals surface area contributed by atoms with Crippen molar-refractivity contribution < 1.29 is 50.0 Å². The maximum atomic E-state index is 13.0. The van der Waals surface area contributed by atoms with Crippen molar-refractivity contribution in [2.75, 3.05) is 13.2 Å². The van der Waals surface area contributed by atoms with E-state index in [2.05, 4.69) is 31.3 Å². The van der Waals surface area contributed by atoms with E-state index >= 15 is 0 Å². The number of amides is 1. The number of ether oxygens (including phenoxy) is 2. The molecule has 0 aromatic heterocycles. The molecule has 1 aliphatic rings. The number of nitrogens with one attached hydrogen (secondary N) is 1. The van der Waals surface area contributed by atoms with Crippen LogP contribution in [0.2, 0.25) is 0 Å². The molecule has 1 rings (SSSR count). The topological polar surface area (TPSA) is 189 Å². The second-order valence-corrected chi connectivity index (χ2v) is 15.4. The van der Waals surface area contributed by atoms with Gasteiger partial charge in [-0.25, -0.2) is 0 Å². The molecule has 1 saturated heterocycles. The molecule has 314 valence electrons. The van der Waals surface area contributed by atoms with Crippen molar-refractivity contribution in [3.05, 3.63) is 12.2 Å². The lowest BCUT2D eigenvalue weighted by molar-refractivity contribution is -0.303. The van der Waals surface area contributed by atoms with Crippen molar-refractivity contribution in [2.24, 2.45) is 0 Å². The summed E-state index contributed by atoms with van der Waals surface area (Å²) in [5.41, 5.74) is 0. The van der Waals surface area contributed by atoms with Crippen molar-refractivity contribution in [3.8, 4) is 0 Å². The normalized spacial score (nSPS) is 22.9. The summed E-state index contributed by atoms with van der Waals surface area (Å²) in [5, 5.41) is 75.3. The lowest BCUT2D eigenvalue weighted by atomic mass is 9.98. The highest BCUT2D eigenvalue weighted by atomic mass is 16.7. The van der Waals surface area contributed by atoms with Crippen molar-refractivity contribution in [3.63, 3.8) is 0 Å². The van der Waals surface area contributed by atoms with Crippen LogP contribution in [0.3, 0.4) is 0 Å². The SMILES string of the molecule is CCCCCCC/C=C/CCCC(O)C(O)C(COC1OC(CO)C(O)C(O)C1O)NC(=O)C(O)CCCCCCCCCCCCCCCCCC. The molecular weight excluding hydrogens is 678 g/mol. The molecule has 0 saturated carbocycles. The highest BCUT2D eigenvalue weighted by Crippen LogP contribution is 2.23. The van der Waals surface area contributed by atoms with Gasteiger partial charge >= 0.3 is 0 Å². The van der Waals surface area contributed by atoms with Crippen LogP contribution in [0.5, 0.6) is 0 Å². The zero-order valence-electron chi connectivity index (χ0n) is 33.5. The first kappa shape index (κ1) is 49.9. The zero-order chi connectivity index (χ0) is 39.1. The van der Waals surface area contributed by atoms with Gasteiger partial charge in [0.1, 0.15) is 36.6 Å². The van der Waals surface area contributed by atoms with E-state index < -0.39 is 74.2 Å². The molecule has 0 aromatic rings. The molecule has 11 nitrogen and oxygen atoms in total. The lowest BCUT2D eigenvalue weighted by Gasteiger charge is -2.40. The van der Waals surface area contributed by atoms with Gasteiger partial charge in [0.2, 0.25) is 5.91 Å². The molecule has 9 atom stereocenters. The molecule has 0 bridgehead atoms. The van der Waals surface area contributed by atoms with Gasteiger partial charge in [0, 0.05) is 0 Å². The van der Waals surface area contributed by atoms with Gasteiger partial charge in [-0.05, 0) is 38.5 Å². The highest BCUT2D eigenvalue weighted by Gasteiger charge is 2.44. The summed E-state index contributed by atoms with van der Waals surface area (Å²) >= 11 is 0. The van der Waals surface area contributed by atoms with E-state index in [0.29, 0.717) is 12.8 Å². The van der Waals surface area contributed by atoms with E-state index in [0.717, 1.165) is 38.5 Å². The van der Waals surface area contributed by atoms with Crippen LogP contribution in [0.1, 0.15) is 181 Å². The Balaban J connectivity index is 2.49. The molecule has 11 heteroatoms. The van der Waals surface area contributed by atoms with E-state index in [1.54, 1.807) is 0 Å². The quantitative estimate of drug-likeness (QED) is 0.0277. The van der Waals surface area contributed by atoms with Crippen LogP contribution in [-0.4, -0.2) is 110 Å². The average molecular weight is 760 g/mol. The third kappa shape index (κ3) is 23.5. The predicted molar refractivity (Wildman–Crippen MR) is 210 cm³/mol. The highest BCUT2D eigenvalue weighted by molar-refractivity contribution is 5.80. The van der Waals surface area contributed by atoms with Crippen molar-refractivity contribution in [2.45, 2.75) is 236 Å². The fourth-order valence-corrected chi connectivity index (χ4v) is 6.91. The smallest absolute Gasteiger partial charge is 0.249 e. The van der Waals surface area contributed by atoms with Gasteiger partial charge in [0.05, 0.1) is 25.4 Å². The Labute approximate surface area is 322 Å². The fourth-order valence-electron chi connectivity index (χ4n) is 6.91. The number of allylic oxidation sites excluding steroid dienone is 2. The Morgan fingerprint density at radius 1 is 0.642 bits per heavy atom. The zero-order valence-corrected chi connectivity index (χ0v) is 33.5. The number of unbranched alkanes of at least 4 members (excludes halogenated alkanes) is 21. The molecule has 0 spiro atoms. The van der Waals surface area contributed by atoms with Crippen molar-refractivity contribution in [1.29, 1.82) is 0 Å². The maximum Gasteiger partial charge on any atom is 0.249 e. The van der Waals surface area contributed by atoms with Gasteiger partial charge in [-0.2, -0.15) is 0 Å². The van der Waals surface area contributed by atoms with Crippen LogP contribution in [0.15, 0.2) is 12.2 Å². The number of rotatable bonds is 35. The monoisotopic (exact) mass is 760 g/mol. The van der Waals surface area contributed by atoms with Gasteiger partial charge in [-0.15, -0.1) is 0 Å². The standard InChI is InChI=1S/C42H81NO10/c1-3-5-7-9-11-13-15-16-17-18-19-20-22-24-26-28-30-35(46)41(51)43-33(32-52-42-40(50)39(49)38(48)36(31-44)53-42)37(47)34(45)29-27-25-23-21-14-12-10-8-6-4-2/h21,23,33-40,42,44-50H,3-20,22,24-32H2,1-2H3,(H,43,51)/b23-21+. The molecule has 1 amide bonds. The summed E-state index contributed by atoms with van der Waals surface area (Å²) in [5.74, 6) is -0.707. The lowest BCUT2D eigenvalue weighted by Crippen LogP contribution is -2.60. The summed E-state index contributed by atoms with van der Waals surface area (Å²) in [4.78, 5) is 13.0. The first-order valence-corrected chi connectivity index (χ1v) is 21.6. The summed E-state index contributed by atoms with van der Waals surface area (Å²) in [6, 6.07) is -1.18. The number of hydrogen-bond acceptors (Lipinski definition) is 10. The largest absolute Gasteiger partial charge is 0.394 e. The van der Waals surface area contributed by atoms with E-state index in [1.165, 1.54) is 103 Å². The second kappa shape index (κ2) is 33.0. The molecule has 0 radical (unpaired) electrons. The van der Waals surface area contributed by atoms with E-state index in [9.17, 15) is 40.5 Å². The number of hydrogen-bond donors (Lipinski definition) is 8. The number of aliphatic hydroxyl groups excluding tert-OH is 7. The summed E-state index contributed by atoms with van der Waals surface area (Å²) < 4.78 is 11.0. The van der Waals surface area contributed by atoms with Gasteiger partial charge in [0.25, 0.3) is 0 Å². The van der Waals surface area contributed by atoms with Crippen molar-refractivity contribution in [1.82, 2.24) is 5.32 Å². The molecule has 0 aromatic carbocycles. The van der Waals surface area contributed by atoms with Crippen LogP contribution < -0.4 is 5.32 Å². The average Bonchev–Trinajstić information content (AvgIpc) is 3.16. The molecule has 1 heterocycles. The first-order chi connectivity index (χ1) is 25.7. The van der Waals surface area contributed by atoms with Gasteiger partial charge < -0.3 is 50.5 Å². The third-order valence-electron chi connectivity index (χ3n) is 10.6. The Bertz CT molecular complexity index is 877. The molecule has 8 N–H and O–H groups in total. The minimum absolute atomic E-state index is 0.258. The Hall–Kier alpha value is -1.15. The molecular formula is C42H81NO10. The van der Waals surface area contributed by atoms with Gasteiger partial charge in [0.15, 0.2) is 6.29 Å². The fraction of sp³-hybridized carbons (Fsp3) is 0.929. The van der Waals surface area contributed by atoms with E-state index in [1.807, 2.05) is 0 Å². The summed E-state index contributed by atoms with van der Waals surface area (Å²) in [6.45, 7) is 3.38. The van der Waals surface area contributed by atoms with Crippen LogP contribution >= 0.6 is 0 Å². The van der Waals surface area contributed by atoms with Crippen LogP contribution in [-0.2, 0) is 14.3 Å². The molecule has 53 heavy (non-hydrogen) atoms. The summed E-state index contributed by atoms with van der Waals surface area (Å²) in [6.07, 6.45) is 21.3. The third-order valence-corrected chi connectivity index (χ3v) is 10.6. The number of aliphatic hydroxyl groups is 7. The van der Waals surface area contributed by atoms with E-state index in [-0.39, 0.29) is 12.8 Å². The second-order valence-electron chi connectivity index (χ2n) is 15.4. The van der Waals surface area contributed by atoms with Crippen LogP contribution in [0.25, 0.3) is 0 Å². The first-order valence-electron chi connectivity index (χ1n) is 21.6. The van der Waals surface area contributed by atoms with Crippen molar-refractivity contribution >= 4 is 5.91 Å². The molecule has 1 fully saturated rings. The Morgan fingerprint density at radius 3 is 1.62 bits per heavy atom. The molecule has 0 aliphatic carbocycles. The number of carbonyl (C=O) groups excluding carboxylic acids is 1.